The van der Waals surface area contributed by atoms with Crippen LogP contribution in [0.25, 0.3) is 16.9 Å². The number of aliphatic hydroxyl groups excluding tert-OH is 3. The minimum absolute atomic E-state index is 0.00111. The molecule has 0 spiro atoms. The van der Waals surface area contributed by atoms with E-state index >= 15 is 0 Å². The molecule has 8 heterocycles. The first kappa shape index (κ1) is 64.6. The summed E-state index contributed by atoms with van der Waals surface area (Å²) in [5.74, 6) is -1.07. The molecular formula is C40H61N11O27P5+. The van der Waals surface area contributed by atoms with E-state index < -0.39 is 161 Å². The Kier molecular flexibility index (Phi) is 19.9. The van der Waals surface area contributed by atoms with Gasteiger partial charge in [-0.3, -0.25) is 55.9 Å². The average Bonchev–Trinajstić information content (AvgIpc) is 2.82. The van der Waals surface area contributed by atoms with Crippen molar-refractivity contribution in [3.05, 3.63) is 67.4 Å². The van der Waals surface area contributed by atoms with E-state index in [2.05, 4.69) is 28.6 Å². The maximum Gasteiger partial charge on any atom is 0.479 e. The van der Waals surface area contributed by atoms with Crippen LogP contribution >= 0.6 is 38.7 Å². The first-order valence-electron chi connectivity index (χ1n) is 24.7. The number of nitrogen functional groups attached to an aromatic ring is 1. The van der Waals surface area contributed by atoms with E-state index in [4.69, 9.17) is 53.2 Å². The highest BCUT2D eigenvalue weighted by atomic mass is 31.3. The van der Waals surface area contributed by atoms with Crippen LogP contribution in [-0.2, 0) is 80.3 Å². The van der Waals surface area contributed by atoms with Crippen molar-refractivity contribution >= 4 is 73.5 Å². The number of aliphatic imine (C=N–C) groups is 1. The first-order valence-corrected chi connectivity index (χ1v) is 32.7. The van der Waals surface area contributed by atoms with Crippen LogP contribution in [0.15, 0.2) is 49.9 Å². The number of aryl methyl sites for hydroxylation is 1. The second kappa shape index (κ2) is 25.5. The number of fused-ring (bicyclic) bond motifs is 2. The third-order valence-electron chi connectivity index (χ3n) is 13.5. The summed E-state index contributed by atoms with van der Waals surface area (Å²) in [4.78, 5) is 107. The Bertz CT molecular complexity index is 3540. The molecule has 462 valence electrons. The number of phosphoric acid groups is 3. The maximum absolute atomic E-state index is 13.7. The number of nitrogens with zero attached hydrogens (tertiary/aromatic N) is 7. The van der Waals surface area contributed by atoms with E-state index in [1.807, 2.05) is 11.9 Å². The molecule has 4 aliphatic heterocycles. The molecule has 0 radical (unpaired) electrons. The van der Waals surface area contributed by atoms with Gasteiger partial charge in [0.05, 0.1) is 57.3 Å². The normalized spacial score (nSPS) is 30.2. The molecule has 38 nitrogen and oxygen atoms in total. The number of aliphatic hydroxyl groups is 3. The van der Waals surface area contributed by atoms with Crippen LogP contribution in [0.2, 0.25) is 0 Å². The van der Waals surface area contributed by atoms with Crippen molar-refractivity contribution in [2.45, 2.75) is 93.7 Å². The number of nitrogens with two attached hydrogens (primary N) is 2. The Morgan fingerprint density at radius 1 is 0.771 bits per heavy atom. The van der Waals surface area contributed by atoms with Crippen molar-refractivity contribution in [3.8, 4) is 0 Å². The van der Waals surface area contributed by atoms with Gasteiger partial charge in [-0.2, -0.15) is 9.55 Å². The topological polar surface area (TPSA) is 540 Å². The summed E-state index contributed by atoms with van der Waals surface area (Å²) in [7, 11) is -23.9. The molecule has 83 heavy (non-hydrogen) atoms. The molecule has 0 saturated carbocycles. The van der Waals surface area contributed by atoms with Gasteiger partial charge >= 0.3 is 49.9 Å². The molecule has 4 aromatic heterocycles. The molecule has 0 aromatic carbocycles. The number of H-pyrrole nitrogens is 2. The molecule has 14 N–H and O–H groups in total. The number of imidazole rings is 2. The number of anilines is 1. The van der Waals surface area contributed by atoms with Crippen LogP contribution in [0.3, 0.4) is 0 Å². The number of hydrogen-bond donors (Lipinski definition) is 12. The summed E-state index contributed by atoms with van der Waals surface area (Å²) in [5.41, 5.74) is 11.0. The van der Waals surface area contributed by atoms with Crippen LogP contribution in [0.5, 0.6) is 0 Å². The fourth-order valence-electron chi connectivity index (χ4n) is 9.52. The van der Waals surface area contributed by atoms with Gasteiger partial charge in [-0.1, -0.05) is 6.92 Å². The summed E-state index contributed by atoms with van der Waals surface area (Å²) in [6.45, 7) is -1.20. The Morgan fingerprint density at radius 2 is 1.37 bits per heavy atom. The fraction of sp³-hybridized carbons (Fsp3) is 0.625. The average molecular weight is 1280 g/mol. The van der Waals surface area contributed by atoms with Gasteiger partial charge < -0.3 is 74.9 Å². The number of ether oxygens (including phenoxy) is 5. The Morgan fingerprint density at radius 3 is 2.00 bits per heavy atom. The summed E-state index contributed by atoms with van der Waals surface area (Å²) in [6.07, 6.45) is -14.5. The lowest BCUT2D eigenvalue weighted by Gasteiger charge is -2.26. The Balaban J connectivity index is 0.918. The van der Waals surface area contributed by atoms with Crippen molar-refractivity contribution in [2.75, 3.05) is 58.7 Å². The smallest absolute Gasteiger partial charge is 0.397 e. The second-order valence-electron chi connectivity index (χ2n) is 19.0. The minimum Gasteiger partial charge on any atom is -0.397 e. The highest BCUT2D eigenvalue weighted by molar-refractivity contribution is 7.66. The van der Waals surface area contributed by atoms with E-state index in [0.717, 1.165) is 29.5 Å². The lowest BCUT2D eigenvalue weighted by atomic mass is 9.95. The van der Waals surface area contributed by atoms with Gasteiger partial charge in [-0.05, 0) is 18.4 Å². The van der Waals surface area contributed by atoms with E-state index in [9.17, 15) is 77.0 Å². The number of phosphoric ester groups is 3. The zero-order chi connectivity index (χ0) is 60.7. The molecule has 6 unspecified atom stereocenters. The summed E-state index contributed by atoms with van der Waals surface area (Å²) < 4.78 is 129. The minimum atomic E-state index is -5.83. The van der Waals surface area contributed by atoms with Gasteiger partial charge in [-0.25, -0.2) is 41.7 Å². The predicted molar refractivity (Wildman–Crippen MR) is 278 cm³/mol. The standard InChI is InChI=1S/C40H60N11O27P5/c1-5-19-6-9-43-33-26(25(19)41)44-17-50(33)38-32(69-4)31(76-81(62,63)70-15-22-29(54)30(55)37(74-22)49-10-7-24(52)45-40(49)57)23(75-38)16-72-83(66,67)78-80(60,61)13-12-79(58,59)77-82(64,65)71-14-21-20(8-11-68-3)28(53)36(73-21)51-18-48(2)27-34(51)46-39(42)47-35(27)56/h7,9-10,17-18,20-23,28-32,36-38,53-55H,5-6,8,11-16,41H2,1-4H3,(H8-,42,45,46,47,52,56,57,58,59,60,61,62,63,64,65,66,67)/p+1/t20-,21-,22-,23?,28-,29-,30-,31-,32-,36-,37-,38-/m1/s1. The highest BCUT2D eigenvalue weighted by Crippen LogP contribution is 2.65. The van der Waals surface area contributed by atoms with Gasteiger partial charge in [0.1, 0.15) is 48.4 Å². The quantitative estimate of drug-likeness (QED) is 0.0247. The van der Waals surface area contributed by atoms with Crippen molar-refractivity contribution < 1.29 is 118 Å². The van der Waals surface area contributed by atoms with Gasteiger partial charge in [-0.15, -0.1) is 0 Å². The zero-order valence-corrected chi connectivity index (χ0v) is 48.5. The third kappa shape index (κ3) is 14.7. The van der Waals surface area contributed by atoms with E-state index in [0.29, 0.717) is 12.8 Å². The van der Waals surface area contributed by atoms with Crippen LogP contribution < -0.4 is 32.8 Å². The number of rotatable bonds is 26. The molecule has 3 saturated heterocycles. The molecule has 4 aromatic rings. The summed E-state index contributed by atoms with van der Waals surface area (Å²) >= 11 is 0. The van der Waals surface area contributed by atoms with Crippen molar-refractivity contribution in [3.63, 3.8) is 0 Å². The highest BCUT2D eigenvalue weighted by Gasteiger charge is 2.54. The number of nitrogens with one attached hydrogen (secondary N) is 2. The molecular weight excluding hydrogens is 1220 g/mol. The monoisotopic (exact) mass is 1280 g/mol. The van der Waals surface area contributed by atoms with Crippen molar-refractivity contribution in [2.24, 2.45) is 23.7 Å². The number of aromatic nitrogens is 8. The molecule has 0 amide bonds. The van der Waals surface area contributed by atoms with Gasteiger partial charge in [0.25, 0.3) is 16.7 Å². The number of aromatic amines is 2. The summed E-state index contributed by atoms with van der Waals surface area (Å²) in [6, 6.07) is 0.928. The molecule has 0 bridgehead atoms. The maximum atomic E-state index is 13.7. The Labute approximate surface area is 467 Å². The number of methoxy groups -OCH3 is 2. The van der Waals surface area contributed by atoms with Crippen LogP contribution in [0.1, 0.15) is 50.6 Å². The predicted octanol–water partition coefficient (Wildman–Crippen LogP) is -1.65. The molecule has 4 aliphatic rings. The molecule has 43 heteroatoms. The molecule has 8 rings (SSSR count). The lowest BCUT2D eigenvalue weighted by molar-refractivity contribution is -0.646. The molecule has 17 atom stereocenters. The lowest BCUT2D eigenvalue weighted by Crippen LogP contribution is -2.38. The number of allylic oxidation sites excluding steroid dienone is 1. The zero-order valence-electron chi connectivity index (χ0n) is 44.0. The van der Waals surface area contributed by atoms with Crippen molar-refractivity contribution in [1.82, 2.24) is 33.6 Å². The van der Waals surface area contributed by atoms with Crippen LogP contribution in [-0.4, -0.2) is 181 Å². The summed E-state index contributed by atoms with van der Waals surface area (Å²) in [5, 5.41) is 32.8. The van der Waals surface area contributed by atoms with Crippen LogP contribution in [0, 0.1) is 5.92 Å². The Hall–Kier alpha value is -4.36. The fourth-order valence-corrected chi connectivity index (χ4v) is 16.8. The first-order chi connectivity index (χ1) is 38.9. The van der Waals surface area contributed by atoms with Crippen molar-refractivity contribution in [1.29, 1.82) is 0 Å². The SMILES string of the molecule is CCC1=C(N)c2ncn([C@@H]3OC(COP(=O)(O)OP(=O)(O)CCP(=O)(O)OP(=O)(O)OC[C@H]4O[C@@H](n5c[n+](C)c6c(=O)[nH]c(N)nc65)[C@H](O)[C@@H]4CCOC)[C@@H](OP(=O)(O)OC[C@H]4O[C@@H](n5ccc(=O)[nH]c5=O)[C@H](O)[C@@H]4O)[C@H]3OC)c2N=CC1. The van der Waals surface area contributed by atoms with Gasteiger partial charge in [0.2, 0.25) is 18.5 Å². The van der Waals surface area contributed by atoms with Gasteiger partial charge in [0.15, 0.2) is 18.3 Å². The van der Waals surface area contributed by atoms with Gasteiger partial charge in [0, 0.05) is 51.6 Å². The molecule has 0 aliphatic carbocycles. The van der Waals surface area contributed by atoms with E-state index in [1.54, 1.807) is 0 Å². The van der Waals surface area contributed by atoms with E-state index in [1.165, 1.54) is 46.7 Å². The largest absolute Gasteiger partial charge is 0.479 e. The molecule has 3 fully saturated rings. The van der Waals surface area contributed by atoms with E-state index in [-0.39, 0.29) is 47.3 Å². The number of hydrogen-bond acceptors (Lipinski definition) is 27. The van der Waals surface area contributed by atoms with Crippen LogP contribution in [0.4, 0.5) is 11.8 Å². The second-order valence-corrected chi connectivity index (χ2v) is 27.6. The third-order valence-corrected chi connectivity index (χ3v) is 21.1.